The van der Waals surface area contributed by atoms with Crippen molar-refractivity contribution in [3.8, 4) is 11.5 Å². The van der Waals surface area contributed by atoms with Crippen molar-refractivity contribution in [2.75, 3.05) is 18.9 Å². The van der Waals surface area contributed by atoms with Gasteiger partial charge in [-0.1, -0.05) is 12.1 Å². The number of benzene rings is 2. The van der Waals surface area contributed by atoms with Crippen molar-refractivity contribution in [3.05, 3.63) is 96.7 Å². The maximum Gasteiger partial charge on any atom is 0.159 e. The predicted octanol–water partition coefficient (Wildman–Crippen LogP) is 5.88. The Morgan fingerprint density at radius 3 is 2.87 bits per heavy atom. The highest BCUT2D eigenvalue weighted by atomic mass is 16.5. The van der Waals surface area contributed by atoms with Gasteiger partial charge in [0, 0.05) is 48.2 Å². The van der Waals surface area contributed by atoms with Crippen molar-refractivity contribution < 1.29 is 9.53 Å². The first-order chi connectivity index (χ1) is 19.0. The number of likely N-dealkylation sites (tertiary alicyclic amines) is 1. The second-order valence-corrected chi connectivity index (χ2v) is 10.0. The van der Waals surface area contributed by atoms with Crippen LogP contribution in [0.1, 0.15) is 24.0 Å². The Kier molecular flexibility index (Phi) is 6.77. The molecule has 0 amide bonds. The van der Waals surface area contributed by atoms with Gasteiger partial charge in [0.1, 0.15) is 29.3 Å². The predicted molar refractivity (Wildman–Crippen MR) is 153 cm³/mol. The van der Waals surface area contributed by atoms with E-state index in [2.05, 4.69) is 32.2 Å². The van der Waals surface area contributed by atoms with Crippen LogP contribution in [-0.2, 0) is 11.2 Å². The van der Waals surface area contributed by atoms with E-state index in [0.717, 1.165) is 57.8 Å². The number of carbonyl (C=O) groups excluding carboxylic acids is 1. The number of imidazole rings is 1. The van der Waals surface area contributed by atoms with Crippen LogP contribution in [-0.4, -0.2) is 49.7 Å². The van der Waals surface area contributed by atoms with Crippen LogP contribution in [0.4, 0.5) is 11.5 Å². The molecule has 0 aliphatic carbocycles. The Labute approximate surface area is 227 Å². The zero-order valence-corrected chi connectivity index (χ0v) is 22.0. The standard InChI is InChI=1S/C31H30N6O2/c1-21-16-23(6-10-29(21)39-26-11-14-37-15-12-32-30(37)19-26)35-31-27-18-22(5-9-28(27)33-20-34-31)17-25(38)8-7-24-4-3-13-36(24)2/h5-12,14-16,18-20,24H,3-4,13,17H2,1-2H3,(H,33,34,35)/b8-7+/t24-/m1/s1. The monoisotopic (exact) mass is 518 g/mol. The normalized spacial score (nSPS) is 15.9. The fourth-order valence-electron chi connectivity index (χ4n) is 5.03. The zero-order valence-electron chi connectivity index (χ0n) is 22.0. The fraction of sp³-hybridized carbons (Fsp3) is 0.226. The highest BCUT2D eigenvalue weighted by Crippen LogP contribution is 2.30. The number of likely N-dealkylation sites (N-methyl/N-ethyl adjacent to an activating group) is 1. The van der Waals surface area contributed by atoms with Crippen molar-refractivity contribution in [1.29, 1.82) is 0 Å². The number of ketones is 1. The van der Waals surface area contributed by atoms with Crippen molar-refractivity contribution in [1.82, 2.24) is 24.3 Å². The number of aromatic nitrogens is 4. The molecule has 8 heteroatoms. The number of allylic oxidation sites excluding steroid dienone is 1. The van der Waals surface area contributed by atoms with Gasteiger partial charge in [-0.05, 0) is 87.0 Å². The topological polar surface area (TPSA) is 84.7 Å². The highest BCUT2D eigenvalue weighted by molar-refractivity contribution is 5.94. The fourth-order valence-corrected chi connectivity index (χ4v) is 5.03. The summed E-state index contributed by atoms with van der Waals surface area (Å²) in [4.78, 5) is 28.2. The molecule has 5 aromatic rings. The van der Waals surface area contributed by atoms with E-state index in [9.17, 15) is 4.79 Å². The smallest absolute Gasteiger partial charge is 0.159 e. The molecule has 0 spiro atoms. The number of nitrogens with one attached hydrogen (secondary N) is 1. The number of hydrogen-bond donors (Lipinski definition) is 1. The van der Waals surface area contributed by atoms with E-state index in [4.69, 9.17) is 4.74 Å². The Morgan fingerprint density at radius 2 is 2.03 bits per heavy atom. The molecule has 0 radical (unpaired) electrons. The molecule has 1 saturated heterocycles. The van der Waals surface area contributed by atoms with Gasteiger partial charge < -0.3 is 14.5 Å². The number of nitrogens with zero attached hydrogens (tertiary/aromatic N) is 5. The molecule has 1 aliphatic rings. The molecular weight excluding hydrogens is 488 g/mol. The maximum atomic E-state index is 12.7. The van der Waals surface area contributed by atoms with E-state index in [-0.39, 0.29) is 5.78 Å². The van der Waals surface area contributed by atoms with E-state index in [1.54, 1.807) is 18.6 Å². The minimum absolute atomic E-state index is 0.0964. The van der Waals surface area contributed by atoms with Gasteiger partial charge in [-0.15, -0.1) is 0 Å². The third-order valence-corrected chi connectivity index (χ3v) is 7.19. The van der Waals surface area contributed by atoms with Crippen LogP contribution in [0, 0.1) is 6.92 Å². The van der Waals surface area contributed by atoms with Crippen LogP contribution in [0.15, 0.2) is 85.6 Å². The molecule has 1 aliphatic heterocycles. The lowest BCUT2D eigenvalue weighted by Crippen LogP contribution is -2.22. The second-order valence-electron chi connectivity index (χ2n) is 10.0. The van der Waals surface area contributed by atoms with Gasteiger partial charge in [0.15, 0.2) is 5.78 Å². The molecule has 0 saturated carbocycles. The van der Waals surface area contributed by atoms with E-state index < -0.39 is 0 Å². The summed E-state index contributed by atoms with van der Waals surface area (Å²) in [5.74, 6) is 2.28. The van der Waals surface area contributed by atoms with Gasteiger partial charge in [-0.3, -0.25) is 9.69 Å². The first-order valence-corrected chi connectivity index (χ1v) is 13.1. The van der Waals surface area contributed by atoms with Crippen molar-refractivity contribution in [3.63, 3.8) is 0 Å². The van der Waals surface area contributed by atoms with Gasteiger partial charge in [0.2, 0.25) is 0 Å². The number of pyridine rings is 1. The van der Waals surface area contributed by atoms with E-state index in [0.29, 0.717) is 18.3 Å². The maximum absolute atomic E-state index is 12.7. The van der Waals surface area contributed by atoms with Crippen LogP contribution < -0.4 is 10.1 Å². The molecule has 0 unspecified atom stereocenters. The third kappa shape index (κ3) is 5.51. The molecule has 4 heterocycles. The number of ether oxygens (including phenoxy) is 1. The highest BCUT2D eigenvalue weighted by Gasteiger charge is 2.18. The lowest BCUT2D eigenvalue weighted by Gasteiger charge is -2.14. The molecular formula is C31H30N6O2. The Morgan fingerprint density at radius 1 is 1.10 bits per heavy atom. The number of carbonyl (C=O) groups is 1. The zero-order chi connectivity index (χ0) is 26.8. The summed E-state index contributed by atoms with van der Waals surface area (Å²) >= 11 is 0. The average molecular weight is 519 g/mol. The van der Waals surface area contributed by atoms with Gasteiger partial charge in [0.25, 0.3) is 0 Å². The summed E-state index contributed by atoms with van der Waals surface area (Å²) in [7, 11) is 2.11. The minimum atomic E-state index is 0.0964. The van der Waals surface area contributed by atoms with Crippen LogP contribution in [0.5, 0.6) is 11.5 Å². The van der Waals surface area contributed by atoms with Crippen LogP contribution in [0.25, 0.3) is 16.6 Å². The quantitative estimate of drug-likeness (QED) is 0.257. The molecule has 196 valence electrons. The molecule has 39 heavy (non-hydrogen) atoms. The summed E-state index contributed by atoms with van der Waals surface area (Å²) in [5, 5.41) is 4.29. The molecule has 0 bridgehead atoms. The lowest BCUT2D eigenvalue weighted by atomic mass is 10.0. The summed E-state index contributed by atoms with van der Waals surface area (Å²) in [6.07, 6.45) is 13.5. The van der Waals surface area contributed by atoms with Crippen LogP contribution in [0.3, 0.4) is 0 Å². The van der Waals surface area contributed by atoms with Gasteiger partial charge in [-0.2, -0.15) is 0 Å². The Balaban J connectivity index is 1.18. The number of anilines is 2. The molecule has 3 aromatic heterocycles. The van der Waals surface area contributed by atoms with Crippen molar-refractivity contribution in [2.24, 2.45) is 0 Å². The number of fused-ring (bicyclic) bond motifs is 2. The van der Waals surface area contributed by atoms with E-state index in [1.165, 1.54) is 6.42 Å². The summed E-state index contributed by atoms with van der Waals surface area (Å²) in [6.45, 7) is 3.09. The summed E-state index contributed by atoms with van der Waals surface area (Å²) < 4.78 is 8.06. The summed E-state index contributed by atoms with van der Waals surface area (Å²) in [6, 6.07) is 16.0. The molecule has 6 rings (SSSR count). The third-order valence-electron chi connectivity index (χ3n) is 7.19. The molecule has 1 atom stereocenters. The van der Waals surface area contributed by atoms with Gasteiger partial charge >= 0.3 is 0 Å². The number of rotatable bonds is 8. The van der Waals surface area contributed by atoms with Crippen LogP contribution >= 0.6 is 0 Å². The molecule has 1 fully saturated rings. The molecule has 1 N–H and O–H groups in total. The number of hydrogen-bond acceptors (Lipinski definition) is 7. The average Bonchev–Trinajstić information content (AvgIpc) is 3.57. The Hall–Kier alpha value is -4.56. The minimum Gasteiger partial charge on any atom is -0.457 e. The van der Waals surface area contributed by atoms with E-state index >= 15 is 0 Å². The lowest BCUT2D eigenvalue weighted by molar-refractivity contribution is -0.114. The van der Waals surface area contributed by atoms with E-state index in [1.807, 2.05) is 78.3 Å². The molecule has 2 aromatic carbocycles. The largest absolute Gasteiger partial charge is 0.457 e. The number of aryl methyl sites for hydroxylation is 1. The van der Waals surface area contributed by atoms with Crippen molar-refractivity contribution >= 4 is 33.8 Å². The summed E-state index contributed by atoms with van der Waals surface area (Å²) in [5.41, 5.74) is 4.45. The first kappa shape index (κ1) is 24.8. The van der Waals surface area contributed by atoms with Crippen molar-refractivity contribution in [2.45, 2.75) is 32.2 Å². The first-order valence-electron chi connectivity index (χ1n) is 13.1. The van der Waals surface area contributed by atoms with Crippen LogP contribution in [0.2, 0.25) is 0 Å². The second kappa shape index (κ2) is 10.7. The Bertz CT molecular complexity index is 1690. The SMILES string of the molecule is Cc1cc(Nc2ncnc3ccc(CC(=O)/C=C/[C@H]4CCCN4C)cc23)ccc1Oc1ccn2ccnc2c1. The van der Waals surface area contributed by atoms with Gasteiger partial charge in [0.05, 0.1) is 5.52 Å². The molecule has 8 nitrogen and oxygen atoms in total. The van der Waals surface area contributed by atoms with Gasteiger partial charge in [-0.25, -0.2) is 15.0 Å².